The van der Waals surface area contributed by atoms with Crippen molar-refractivity contribution in [1.82, 2.24) is 9.80 Å². The summed E-state index contributed by atoms with van der Waals surface area (Å²) >= 11 is 0. The molecule has 0 spiro atoms. The molecular weight excluding hydrogens is 369 g/mol. The number of ether oxygens (including phenoxy) is 1. The predicted octanol–water partition coefficient (Wildman–Crippen LogP) is 3.26. The molecule has 0 aliphatic carbocycles. The fourth-order valence-corrected chi connectivity index (χ4v) is 4.46. The highest BCUT2D eigenvalue weighted by Gasteiger charge is 2.31. The van der Waals surface area contributed by atoms with Crippen LogP contribution in [0, 0.1) is 5.82 Å². The molecule has 2 aromatic carbocycles. The Kier molecular flexibility index (Phi) is 6.00. The number of piperidine rings is 1. The summed E-state index contributed by atoms with van der Waals surface area (Å²) in [6.07, 6.45) is 2.04. The number of benzene rings is 2. The van der Waals surface area contributed by atoms with E-state index < -0.39 is 5.82 Å². The van der Waals surface area contributed by atoms with Crippen molar-refractivity contribution in [3.63, 3.8) is 0 Å². The van der Waals surface area contributed by atoms with E-state index in [1.165, 1.54) is 6.07 Å². The minimum absolute atomic E-state index is 0.175. The molecular formula is C23H28FN3O2. The fraction of sp³-hybridized carbons (Fsp3) is 0.435. The first-order valence-corrected chi connectivity index (χ1v) is 10.3. The van der Waals surface area contributed by atoms with Gasteiger partial charge in [-0.2, -0.15) is 0 Å². The Bertz CT molecular complexity index is 852. The van der Waals surface area contributed by atoms with Gasteiger partial charge in [-0.05, 0) is 37.1 Å². The van der Waals surface area contributed by atoms with Crippen molar-refractivity contribution in [3.05, 3.63) is 59.9 Å². The van der Waals surface area contributed by atoms with E-state index in [1.54, 1.807) is 25.3 Å². The Labute approximate surface area is 171 Å². The van der Waals surface area contributed by atoms with Crippen molar-refractivity contribution < 1.29 is 13.9 Å². The van der Waals surface area contributed by atoms with Gasteiger partial charge >= 0.3 is 0 Å². The lowest BCUT2D eigenvalue weighted by atomic mass is 10.0. The van der Waals surface area contributed by atoms with Crippen molar-refractivity contribution in [2.75, 3.05) is 51.3 Å². The van der Waals surface area contributed by atoms with Crippen LogP contribution in [0.5, 0.6) is 5.75 Å². The molecule has 6 heteroatoms. The quantitative estimate of drug-likeness (QED) is 0.794. The van der Waals surface area contributed by atoms with Gasteiger partial charge in [0, 0.05) is 45.3 Å². The summed E-state index contributed by atoms with van der Waals surface area (Å²) in [5.74, 6) is 0.269. The van der Waals surface area contributed by atoms with Crippen molar-refractivity contribution in [2.45, 2.75) is 18.9 Å². The van der Waals surface area contributed by atoms with E-state index in [1.807, 2.05) is 23.1 Å². The number of nitrogens with zero attached hydrogens (tertiary/aromatic N) is 3. The number of para-hydroxylation sites is 2. The molecule has 1 amide bonds. The van der Waals surface area contributed by atoms with Gasteiger partial charge in [0.25, 0.3) is 5.91 Å². The first-order chi connectivity index (χ1) is 14.2. The van der Waals surface area contributed by atoms with Gasteiger partial charge in [-0.3, -0.25) is 9.69 Å². The van der Waals surface area contributed by atoms with E-state index >= 15 is 0 Å². The summed E-state index contributed by atoms with van der Waals surface area (Å²) in [5, 5.41) is 0. The molecule has 154 valence electrons. The number of carbonyl (C=O) groups is 1. The van der Waals surface area contributed by atoms with Gasteiger partial charge in [-0.15, -0.1) is 0 Å². The van der Waals surface area contributed by atoms with Crippen molar-refractivity contribution in [3.8, 4) is 5.75 Å². The third-order valence-corrected chi connectivity index (χ3v) is 6.04. The van der Waals surface area contributed by atoms with E-state index in [-0.39, 0.29) is 11.5 Å². The zero-order valence-electron chi connectivity index (χ0n) is 16.9. The Hall–Kier alpha value is -2.60. The van der Waals surface area contributed by atoms with Gasteiger partial charge in [0.15, 0.2) is 0 Å². The highest BCUT2D eigenvalue weighted by molar-refractivity contribution is 5.94. The van der Waals surface area contributed by atoms with Crippen LogP contribution in [-0.2, 0) is 0 Å². The molecule has 0 radical (unpaired) electrons. The molecule has 2 fully saturated rings. The van der Waals surface area contributed by atoms with E-state index in [4.69, 9.17) is 4.74 Å². The fourth-order valence-electron chi connectivity index (χ4n) is 4.46. The van der Waals surface area contributed by atoms with Crippen molar-refractivity contribution >= 4 is 11.6 Å². The zero-order valence-corrected chi connectivity index (χ0v) is 16.9. The van der Waals surface area contributed by atoms with E-state index in [0.29, 0.717) is 19.1 Å². The lowest BCUT2D eigenvalue weighted by molar-refractivity contribution is 0.0559. The standard InChI is InChI=1S/C23H28FN3O2/c1-29-22-11-5-4-10-21(22)26-15-13-25(14-16-26)18-7-6-12-27(17-18)23(28)19-8-2-3-9-20(19)24/h2-5,8-11,18H,6-7,12-17H2,1H3/t18-/m1/s1. The largest absolute Gasteiger partial charge is 0.495 e. The van der Waals surface area contributed by atoms with Crippen LogP contribution >= 0.6 is 0 Å². The zero-order chi connectivity index (χ0) is 20.2. The number of hydrogen-bond acceptors (Lipinski definition) is 4. The summed E-state index contributed by atoms with van der Waals surface area (Å²) in [5.41, 5.74) is 1.31. The van der Waals surface area contributed by atoms with Crippen LogP contribution in [0.15, 0.2) is 48.5 Å². The number of halogens is 1. The number of rotatable bonds is 4. The van der Waals surface area contributed by atoms with Gasteiger partial charge in [0.05, 0.1) is 18.4 Å². The molecule has 0 aromatic heterocycles. The lowest BCUT2D eigenvalue weighted by Crippen LogP contribution is -2.56. The number of amides is 1. The molecule has 2 aromatic rings. The maximum absolute atomic E-state index is 14.0. The van der Waals surface area contributed by atoms with Crippen LogP contribution in [-0.4, -0.2) is 68.1 Å². The second-order valence-electron chi connectivity index (χ2n) is 7.72. The van der Waals surface area contributed by atoms with Crippen LogP contribution in [0.25, 0.3) is 0 Å². The van der Waals surface area contributed by atoms with E-state index in [2.05, 4.69) is 15.9 Å². The molecule has 0 unspecified atom stereocenters. The summed E-state index contributed by atoms with van der Waals surface area (Å²) in [6, 6.07) is 14.7. The molecule has 5 nitrogen and oxygen atoms in total. The topological polar surface area (TPSA) is 36.0 Å². The molecule has 0 bridgehead atoms. The number of methoxy groups -OCH3 is 1. The summed E-state index contributed by atoms with van der Waals surface area (Å²) < 4.78 is 19.5. The van der Waals surface area contributed by atoms with Crippen LogP contribution in [0.1, 0.15) is 23.2 Å². The predicted molar refractivity (Wildman–Crippen MR) is 112 cm³/mol. The van der Waals surface area contributed by atoms with Crippen molar-refractivity contribution in [1.29, 1.82) is 0 Å². The van der Waals surface area contributed by atoms with Gasteiger partial charge in [-0.1, -0.05) is 24.3 Å². The van der Waals surface area contributed by atoms with E-state index in [0.717, 1.165) is 50.5 Å². The minimum Gasteiger partial charge on any atom is -0.495 e. The molecule has 2 saturated heterocycles. The molecule has 2 aliphatic rings. The number of likely N-dealkylation sites (tertiary alicyclic amines) is 1. The Morgan fingerprint density at radius 1 is 1.00 bits per heavy atom. The lowest BCUT2D eigenvalue weighted by Gasteiger charge is -2.44. The van der Waals surface area contributed by atoms with Crippen LogP contribution in [0.3, 0.4) is 0 Å². The Morgan fingerprint density at radius 3 is 2.48 bits per heavy atom. The maximum Gasteiger partial charge on any atom is 0.256 e. The van der Waals surface area contributed by atoms with Crippen LogP contribution < -0.4 is 9.64 Å². The van der Waals surface area contributed by atoms with Crippen LogP contribution in [0.2, 0.25) is 0 Å². The molecule has 0 saturated carbocycles. The number of hydrogen-bond donors (Lipinski definition) is 0. The second-order valence-corrected chi connectivity index (χ2v) is 7.72. The number of carbonyl (C=O) groups excluding carboxylic acids is 1. The average Bonchev–Trinajstić information content (AvgIpc) is 2.79. The summed E-state index contributed by atoms with van der Waals surface area (Å²) in [4.78, 5) is 19.5. The highest BCUT2D eigenvalue weighted by atomic mass is 19.1. The second kappa shape index (κ2) is 8.82. The maximum atomic E-state index is 14.0. The molecule has 29 heavy (non-hydrogen) atoms. The Morgan fingerprint density at radius 2 is 1.72 bits per heavy atom. The average molecular weight is 397 g/mol. The normalized spacial score (nSPS) is 20.6. The first-order valence-electron chi connectivity index (χ1n) is 10.3. The van der Waals surface area contributed by atoms with E-state index in [9.17, 15) is 9.18 Å². The third-order valence-electron chi connectivity index (χ3n) is 6.04. The summed E-state index contributed by atoms with van der Waals surface area (Å²) in [7, 11) is 1.71. The van der Waals surface area contributed by atoms with Gasteiger partial charge in [0.2, 0.25) is 0 Å². The molecule has 0 N–H and O–H groups in total. The first kappa shape index (κ1) is 19.7. The smallest absolute Gasteiger partial charge is 0.256 e. The Balaban J connectivity index is 1.38. The van der Waals surface area contributed by atoms with Crippen LogP contribution in [0.4, 0.5) is 10.1 Å². The van der Waals surface area contributed by atoms with Gasteiger partial charge in [-0.25, -0.2) is 4.39 Å². The number of anilines is 1. The summed E-state index contributed by atoms with van der Waals surface area (Å²) in [6.45, 7) is 5.12. The highest BCUT2D eigenvalue weighted by Crippen LogP contribution is 2.29. The van der Waals surface area contributed by atoms with Gasteiger partial charge in [0.1, 0.15) is 11.6 Å². The molecule has 1 atom stereocenters. The minimum atomic E-state index is -0.440. The molecule has 2 aliphatic heterocycles. The molecule has 2 heterocycles. The monoisotopic (exact) mass is 397 g/mol. The van der Waals surface area contributed by atoms with Crippen molar-refractivity contribution in [2.24, 2.45) is 0 Å². The molecule has 4 rings (SSSR count). The number of piperazine rings is 1. The SMILES string of the molecule is COc1ccccc1N1CCN([C@@H]2CCCN(C(=O)c3ccccc3F)C2)CC1. The third kappa shape index (κ3) is 4.22. The van der Waals surface area contributed by atoms with Gasteiger partial charge < -0.3 is 14.5 Å².